The Kier molecular flexibility index (Phi) is 7.96. The van der Waals surface area contributed by atoms with Gasteiger partial charge in [-0.05, 0) is 50.0 Å². The lowest BCUT2D eigenvalue weighted by molar-refractivity contribution is -0.132. The number of hydrogen-bond donors (Lipinski definition) is 1. The number of rotatable bonds is 8. The maximum atomic E-state index is 12.4. The summed E-state index contributed by atoms with van der Waals surface area (Å²) >= 11 is 0. The van der Waals surface area contributed by atoms with Crippen LogP contribution in [0.3, 0.4) is 0 Å². The summed E-state index contributed by atoms with van der Waals surface area (Å²) in [4.78, 5) is 25.2. The third kappa shape index (κ3) is 6.52. The Morgan fingerprint density at radius 1 is 1.04 bits per heavy atom. The van der Waals surface area contributed by atoms with Crippen LogP contribution in [0.4, 0.5) is 0 Å². The predicted molar refractivity (Wildman–Crippen MR) is 101 cm³/mol. The van der Waals surface area contributed by atoms with E-state index in [-0.39, 0.29) is 11.8 Å². The third-order valence-corrected chi connectivity index (χ3v) is 5.35. The molecule has 0 radical (unpaired) electrons. The minimum atomic E-state index is 0.0157. The molecule has 138 valence electrons. The van der Waals surface area contributed by atoms with Gasteiger partial charge in [0.25, 0.3) is 0 Å². The summed E-state index contributed by atoms with van der Waals surface area (Å²) in [6.07, 6.45) is 8.00. The van der Waals surface area contributed by atoms with Gasteiger partial charge < -0.3 is 10.2 Å². The molecule has 0 heterocycles. The molecular formula is C21H32N2O2. The van der Waals surface area contributed by atoms with Crippen LogP contribution in [0.5, 0.6) is 0 Å². The van der Waals surface area contributed by atoms with Gasteiger partial charge in [0.15, 0.2) is 0 Å². The molecule has 0 aliphatic heterocycles. The van der Waals surface area contributed by atoms with E-state index < -0.39 is 0 Å². The molecule has 4 nitrogen and oxygen atoms in total. The molecule has 25 heavy (non-hydrogen) atoms. The van der Waals surface area contributed by atoms with Crippen molar-refractivity contribution in [2.24, 2.45) is 0 Å². The van der Waals surface area contributed by atoms with Gasteiger partial charge in [0.05, 0.1) is 0 Å². The van der Waals surface area contributed by atoms with Crippen molar-refractivity contribution in [2.45, 2.75) is 70.3 Å². The van der Waals surface area contributed by atoms with Gasteiger partial charge in [-0.1, -0.05) is 36.8 Å². The number of nitrogens with zero attached hydrogens (tertiary/aromatic N) is 1. The van der Waals surface area contributed by atoms with E-state index in [1.807, 2.05) is 11.9 Å². The molecule has 2 amide bonds. The molecule has 0 bridgehead atoms. The van der Waals surface area contributed by atoms with Crippen molar-refractivity contribution in [1.82, 2.24) is 10.2 Å². The van der Waals surface area contributed by atoms with Crippen molar-refractivity contribution in [2.75, 3.05) is 13.6 Å². The number of hydrogen-bond acceptors (Lipinski definition) is 2. The first-order valence-corrected chi connectivity index (χ1v) is 9.63. The topological polar surface area (TPSA) is 49.4 Å². The minimum absolute atomic E-state index is 0.0157. The number of unbranched alkanes of at least 4 members (excludes halogenated alkanes) is 2. The highest BCUT2D eigenvalue weighted by Gasteiger charge is 2.26. The highest BCUT2D eigenvalue weighted by molar-refractivity contribution is 5.76. The molecule has 1 aliphatic carbocycles. The Morgan fingerprint density at radius 3 is 2.36 bits per heavy atom. The molecule has 1 aliphatic rings. The molecule has 0 aromatic heterocycles. The second-order valence-electron chi connectivity index (χ2n) is 7.21. The molecule has 0 unspecified atom stereocenters. The zero-order chi connectivity index (χ0) is 18.1. The van der Waals surface area contributed by atoms with Crippen molar-refractivity contribution >= 4 is 11.8 Å². The molecule has 2 rings (SSSR count). The van der Waals surface area contributed by atoms with Crippen molar-refractivity contribution in [3.63, 3.8) is 0 Å². The van der Waals surface area contributed by atoms with E-state index in [4.69, 9.17) is 0 Å². The normalized spacial score (nSPS) is 20.1. The van der Waals surface area contributed by atoms with Crippen LogP contribution in [0.15, 0.2) is 30.3 Å². The number of carbonyl (C=O) groups is 2. The Labute approximate surface area is 152 Å². The zero-order valence-electron chi connectivity index (χ0n) is 15.7. The number of carbonyl (C=O) groups excluding carboxylic acids is 2. The summed E-state index contributed by atoms with van der Waals surface area (Å²) in [5.74, 6) is 0.930. The highest BCUT2D eigenvalue weighted by Crippen LogP contribution is 2.34. The van der Waals surface area contributed by atoms with E-state index in [1.165, 1.54) is 25.3 Å². The second-order valence-corrected chi connectivity index (χ2v) is 7.21. The summed E-state index contributed by atoms with van der Waals surface area (Å²) < 4.78 is 0. The average Bonchev–Trinajstić information content (AvgIpc) is 2.64. The summed E-state index contributed by atoms with van der Waals surface area (Å²) in [5.41, 5.74) is 1.44. The first-order chi connectivity index (χ1) is 12.1. The van der Waals surface area contributed by atoms with E-state index >= 15 is 0 Å². The summed E-state index contributed by atoms with van der Waals surface area (Å²) in [6.45, 7) is 2.24. The maximum absolute atomic E-state index is 12.4. The van der Waals surface area contributed by atoms with Crippen molar-refractivity contribution < 1.29 is 9.59 Å². The first-order valence-electron chi connectivity index (χ1n) is 9.63. The maximum Gasteiger partial charge on any atom is 0.222 e. The van der Waals surface area contributed by atoms with E-state index in [0.717, 1.165) is 32.1 Å². The fourth-order valence-electron chi connectivity index (χ4n) is 3.74. The van der Waals surface area contributed by atoms with E-state index in [2.05, 4.69) is 35.6 Å². The molecule has 0 atom stereocenters. The van der Waals surface area contributed by atoms with Gasteiger partial charge in [-0.3, -0.25) is 9.59 Å². The number of nitrogens with one attached hydrogen (secondary N) is 1. The Morgan fingerprint density at radius 2 is 1.72 bits per heavy atom. The monoisotopic (exact) mass is 344 g/mol. The van der Waals surface area contributed by atoms with Gasteiger partial charge in [-0.15, -0.1) is 0 Å². The molecule has 1 N–H and O–H groups in total. The van der Waals surface area contributed by atoms with Crippen LogP contribution in [0.1, 0.15) is 69.8 Å². The lowest BCUT2D eigenvalue weighted by atomic mass is 9.81. The standard InChI is InChI=1S/C21H32N2O2/c1-17(24)22-16-8-4-7-11-21(25)23(2)20-14-12-19(13-15-20)18-9-5-3-6-10-18/h3,5-6,9-10,19-20H,4,7-8,11-16H2,1-2H3,(H,22,24). The van der Waals surface area contributed by atoms with Crippen molar-refractivity contribution in [3.8, 4) is 0 Å². The molecule has 4 heteroatoms. The molecule has 0 spiro atoms. The average molecular weight is 344 g/mol. The van der Waals surface area contributed by atoms with Crippen molar-refractivity contribution in [1.29, 1.82) is 0 Å². The zero-order valence-corrected chi connectivity index (χ0v) is 15.7. The second kappa shape index (κ2) is 10.2. The first kappa shape index (κ1) is 19.5. The third-order valence-electron chi connectivity index (χ3n) is 5.35. The van der Waals surface area contributed by atoms with Gasteiger partial charge >= 0.3 is 0 Å². The van der Waals surface area contributed by atoms with Gasteiger partial charge in [-0.25, -0.2) is 0 Å². The lowest BCUT2D eigenvalue weighted by Crippen LogP contribution is -2.39. The molecule has 1 fully saturated rings. The fraction of sp³-hybridized carbons (Fsp3) is 0.619. The quantitative estimate of drug-likeness (QED) is 0.728. The van der Waals surface area contributed by atoms with Crippen LogP contribution in [0.25, 0.3) is 0 Å². The predicted octanol–water partition coefficient (Wildman–Crippen LogP) is 3.87. The molecule has 1 aromatic rings. The van der Waals surface area contributed by atoms with Gasteiger partial charge in [0, 0.05) is 33.0 Å². The smallest absolute Gasteiger partial charge is 0.222 e. The summed E-state index contributed by atoms with van der Waals surface area (Å²) in [5, 5.41) is 2.79. The molecule has 1 saturated carbocycles. The Hall–Kier alpha value is -1.84. The molecular weight excluding hydrogens is 312 g/mol. The number of benzene rings is 1. The van der Waals surface area contributed by atoms with E-state index in [0.29, 0.717) is 24.9 Å². The molecule has 1 aromatic carbocycles. The van der Waals surface area contributed by atoms with Crippen LogP contribution in [0, 0.1) is 0 Å². The Balaban J connectivity index is 1.64. The summed E-state index contributed by atoms with van der Waals surface area (Å²) in [6, 6.07) is 11.1. The lowest BCUT2D eigenvalue weighted by Gasteiger charge is -2.35. The van der Waals surface area contributed by atoms with Gasteiger partial charge in [0.2, 0.25) is 11.8 Å². The summed E-state index contributed by atoms with van der Waals surface area (Å²) in [7, 11) is 1.97. The van der Waals surface area contributed by atoms with E-state index in [9.17, 15) is 9.59 Å². The Bertz CT molecular complexity index is 536. The van der Waals surface area contributed by atoms with Crippen LogP contribution >= 0.6 is 0 Å². The van der Waals surface area contributed by atoms with Gasteiger partial charge in [-0.2, -0.15) is 0 Å². The van der Waals surface area contributed by atoms with Gasteiger partial charge in [0.1, 0.15) is 0 Å². The minimum Gasteiger partial charge on any atom is -0.356 e. The highest BCUT2D eigenvalue weighted by atomic mass is 16.2. The number of amides is 2. The SMILES string of the molecule is CC(=O)NCCCCCC(=O)N(C)C1CCC(c2ccccc2)CC1. The van der Waals surface area contributed by atoms with Crippen LogP contribution in [-0.4, -0.2) is 36.3 Å². The fourth-order valence-corrected chi connectivity index (χ4v) is 3.74. The van der Waals surface area contributed by atoms with E-state index in [1.54, 1.807) is 0 Å². The molecule has 0 saturated heterocycles. The van der Waals surface area contributed by atoms with Crippen LogP contribution in [-0.2, 0) is 9.59 Å². The van der Waals surface area contributed by atoms with Crippen molar-refractivity contribution in [3.05, 3.63) is 35.9 Å². The van der Waals surface area contributed by atoms with Crippen LogP contribution in [0.2, 0.25) is 0 Å². The largest absolute Gasteiger partial charge is 0.356 e. The van der Waals surface area contributed by atoms with Crippen LogP contribution < -0.4 is 5.32 Å².